The Labute approximate surface area is 243 Å². The van der Waals surface area contributed by atoms with Crippen molar-refractivity contribution >= 4 is 23.9 Å². The Kier molecular flexibility index (Phi) is 11.7. The van der Waals surface area contributed by atoms with E-state index in [1.54, 1.807) is 11.1 Å². The lowest BCUT2D eigenvalue weighted by molar-refractivity contribution is -0.137. The molecule has 1 aromatic rings. The predicted molar refractivity (Wildman–Crippen MR) is 163 cm³/mol. The first-order valence-corrected chi connectivity index (χ1v) is 15.5. The van der Waals surface area contributed by atoms with Gasteiger partial charge in [0.2, 0.25) is 0 Å². The molecule has 0 radical (unpaired) electrons. The van der Waals surface area contributed by atoms with Gasteiger partial charge in [-0.1, -0.05) is 83.1 Å². The van der Waals surface area contributed by atoms with Crippen LogP contribution in [-0.4, -0.2) is 27.3 Å². The monoisotopic (exact) mass is 557 g/mol. The van der Waals surface area contributed by atoms with E-state index in [4.69, 9.17) is 5.11 Å². The summed E-state index contributed by atoms with van der Waals surface area (Å²) in [5.74, 6) is 1.69. The molecule has 5 heteroatoms. The average Bonchev–Trinajstić information content (AvgIpc) is 3.26. The van der Waals surface area contributed by atoms with Crippen LogP contribution in [0, 0.1) is 28.6 Å². The first-order valence-electron chi connectivity index (χ1n) is 15.5. The number of hydrogen-bond acceptors (Lipinski definition) is 3. The Morgan fingerprint density at radius 3 is 2.38 bits per heavy atom. The van der Waals surface area contributed by atoms with Gasteiger partial charge in [-0.3, -0.25) is 9.78 Å². The maximum absolute atomic E-state index is 10.2. The number of aliphatic hydroxyl groups excluding tert-OH is 1. The van der Waals surface area contributed by atoms with Gasteiger partial charge in [-0.15, -0.1) is 12.4 Å². The zero-order valence-corrected chi connectivity index (χ0v) is 25.4. The van der Waals surface area contributed by atoms with Crippen molar-refractivity contribution in [2.75, 3.05) is 0 Å². The van der Waals surface area contributed by atoms with Crippen LogP contribution in [0.15, 0.2) is 42.3 Å². The molecule has 0 bridgehead atoms. The van der Waals surface area contributed by atoms with Crippen LogP contribution in [0.4, 0.5) is 0 Å². The van der Waals surface area contributed by atoms with E-state index in [1.165, 1.54) is 69.8 Å². The summed E-state index contributed by atoms with van der Waals surface area (Å²) in [6.45, 7) is 7.23. The Bertz CT molecular complexity index is 991. The number of fused-ring (bicyclic) bond motifs is 5. The standard InChI is InChI=1S/C24H31NO.C10H20O2.ClH/c1-23-11-9-18(26)14-17(23)5-6-19-21-8-7-20(16-4-3-13-25-15-16)24(21,2)12-10-22(19)23;1-2-3-4-5-6-7-8-9-10(11)12;/h3-5,7,13,15,18-19,21-22,26H,6,8-12,14H2,1-2H3;2-9H2,1H3,(H,11,12);1H/t18-,19-,21-,22-,23-,24+;;/m0../s1. The number of carboxylic acids is 1. The minimum Gasteiger partial charge on any atom is -0.481 e. The van der Waals surface area contributed by atoms with Crippen molar-refractivity contribution in [3.05, 3.63) is 47.8 Å². The number of nitrogens with zero attached hydrogens (tertiary/aromatic N) is 1. The molecule has 2 saturated carbocycles. The van der Waals surface area contributed by atoms with E-state index in [-0.39, 0.29) is 18.5 Å². The molecule has 1 heterocycles. The highest BCUT2D eigenvalue weighted by Crippen LogP contribution is 2.66. The lowest BCUT2D eigenvalue weighted by Crippen LogP contribution is -2.49. The third-order valence-electron chi connectivity index (χ3n) is 10.6. The van der Waals surface area contributed by atoms with Crippen molar-refractivity contribution in [3.63, 3.8) is 0 Å². The van der Waals surface area contributed by atoms with Gasteiger partial charge < -0.3 is 10.2 Å². The molecule has 218 valence electrons. The average molecular weight is 558 g/mol. The fourth-order valence-electron chi connectivity index (χ4n) is 8.41. The Balaban J connectivity index is 0.000000278. The number of rotatable bonds is 9. The smallest absolute Gasteiger partial charge is 0.303 e. The molecule has 0 aromatic carbocycles. The zero-order valence-electron chi connectivity index (χ0n) is 24.5. The number of carboxylic acid groups (broad SMARTS) is 1. The second-order valence-electron chi connectivity index (χ2n) is 13.0. The maximum Gasteiger partial charge on any atom is 0.303 e. The van der Waals surface area contributed by atoms with Crippen molar-refractivity contribution in [1.29, 1.82) is 0 Å². The second kappa shape index (κ2) is 14.3. The quantitative estimate of drug-likeness (QED) is 0.235. The van der Waals surface area contributed by atoms with Crippen molar-refractivity contribution < 1.29 is 15.0 Å². The van der Waals surface area contributed by atoms with E-state index in [1.807, 2.05) is 12.4 Å². The zero-order chi connectivity index (χ0) is 27.2. The largest absolute Gasteiger partial charge is 0.481 e. The van der Waals surface area contributed by atoms with E-state index in [0.29, 0.717) is 17.3 Å². The summed E-state index contributed by atoms with van der Waals surface area (Å²) >= 11 is 0. The first kappa shape index (κ1) is 31.9. The van der Waals surface area contributed by atoms with Crippen LogP contribution in [-0.2, 0) is 4.79 Å². The minimum absolute atomic E-state index is 0. The molecule has 0 unspecified atom stereocenters. The van der Waals surface area contributed by atoms with Crippen molar-refractivity contribution in [2.24, 2.45) is 28.6 Å². The number of unbranched alkanes of at least 4 members (excludes halogenated alkanes) is 6. The first-order chi connectivity index (χ1) is 18.3. The lowest BCUT2D eigenvalue weighted by atomic mass is 9.47. The molecule has 6 atom stereocenters. The number of aliphatic carboxylic acids is 1. The molecule has 2 N–H and O–H groups in total. The van der Waals surface area contributed by atoms with Gasteiger partial charge in [-0.25, -0.2) is 0 Å². The van der Waals surface area contributed by atoms with Gasteiger partial charge in [0.25, 0.3) is 0 Å². The van der Waals surface area contributed by atoms with Crippen molar-refractivity contribution in [1.82, 2.24) is 4.98 Å². The van der Waals surface area contributed by atoms with Crippen LogP contribution >= 0.6 is 12.4 Å². The molecule has 4 nitrogen and oxygen atoms in total. The highest BCUT2D eigenvalue weighted by molar-refractivity contribution is 5.85. The Morgan fingerprint density at radius 2 is 1.69 bits per heavy atom. The molecule has 5 rings (SSSR count). The van der Waals surface area contributed by atoms with Crippen LogP contribution in [0.1, 0.15) is 123 Å². The molecule has 4 aliphatic rings. The van der Waals surface area contributed by atoms with Gasteiger partial charge in [-0.2, -0.15) is 0 Å². The maximum atomic E-state index is 10.2. The third-order valence-corrected chi connectivity index (χ3v) is 10.6. The van der Waals surface area contributed by atoms with Crippen LogP contribution < -0.4 is 0 Å². The normalized spacial score (nSPS) is 32.7. The molecule has 1 aromatic heterocycles. The number of pyridine rings is 1. The molecular formula is C34H52ClNO3. The van der Waals surface area contributed by atoms with Crippen LogP contribution in [0.5, 0.6) is 0 Å². The van der Waals surface area contributed by atoms with E-state index in [0.717, 1.165) is 43.4 Å². The summed E-state index contributed by atoms with van der Waals surface area (Å²) in [5.41, 5.74) is 5.09. The fourth-order valence-corrected chi connectivity index (χ4v) is 8.41. The van der Waals surface area contributed by atoms with Gasteiger partial charge in [0.15, 0.2) is 0 Å². The Morgan fingerprint density at radius 1 is 0.974 bits per heavy atom. The summed E-state index contributed by atoms with van der Waals surface area (Å²) in [4.78, 5) is 14.5. The number of halogens is 1. The lowest BCUT2D eigenvalue weighted by Gasteiger charge is -2.57. The topological polar surface area (TPSA) is 70.4 Å². The van der Waals surface area contributed by atoms with Crippen molar-refractivity contribution in [2.45, 2.75) is 123 Å². The van der Waals surface area contributed by atoms with E-state index in [9.17, 15) is 9.90 Å². The fraction of sp³-hybridized carbons (Fsp3) is 0.706. The number of carbonyl (C=O) groups is 1. The van der Waals surface area contributed by atoms with E-state index < -0.39 is 5.97 Å². The van der Waals surface area contributed by atoms with Crippen LogP contribution in [0.2, 0.25) is 0 Å². The minimum atomic E-state index is -0.663. The molecule has 4 aliphatic carbocycles. The third kappa shape index (κ3) is 7.17. The number of hydrogen-bond donors (Lipinski definition) is 2. The highest BCUT2D eigenvalue weighted by atomic mass is 35.5. The highest BCUT2D eigenvalue weighted by Gasteiger charge is 2.56. The molecule has 0 aliphatic heterocycles. The molecular weight excluding hydrogens is 506 g/mol. The number of aliphatic hydroxyl groups is 1. The summed E-state index contributed by atoms with van der Waals surface area (Å²) < 4.78 is 0. The predicted octanol–water partition coefficient (Wildman–Crippen LogP) is 9.03. The summed E-state index contributed by atoms with van der Waals surface area (Å²) in [6.07, 6.45) is 25.7. The van der Waals surface area contributed by atoms with Crippen LogP contribution in [0.25, 0.3) is 5.57 Å². The number of allylic oxidation sites excluding steroid dienone is 3. The van der Waals surface area contributed by atoms with Crippen LogP contribution in [0.3, 0.4) is 0 Å². The van der Waals surface area contributed by atoms with E-state index >= 15 is 0 Å². The summed E-state index contributed by atoms with van der Waals surface area (Å²) in [6, 6.07) is 4.31. The number of aromatic nitrogens is 1. The summed E-state index contributed by atoms with van der Waals surface area (Å²) in [7, 11) is 0. The second-order valence-corrected chi connectivity index (χ2v) is 13.0. The van der Waals surface area contributed by atoms with Gasteiger partial charge in [0.05, 0.1) is 6.10 Å². The van der Waals surface area contributed by atoms with Gasteiger partial charge >= 0.3 is 5.97 Å². The van der Waals surface area contributed by atoms with Gasteiger partial charge in [-0.05, 0) is 97.2 Å². The molecule has 39 heavy (non-hydrogen) atoms. The molecule has 2 fully saturated rings. The molecule has 0 amide bonds. The molecule has 0 spiro atoms. The van der Waals surface area contributed by atoms with E-state index in [2.05, 4.69) is 50.0 Å². The van der Waals surface area contributed by atoms with Gasteiger partial charge in [0.1, 0.15) is 0 Å². The van der Waals surface area contributed by atoms with Gasteiger partial charge in [0, 0.05) is 18.8 Å². The summed E-state index contributed by atoms with van der Waals surface area (Å²) in [5, 5.41) is 18.5. The molecule has 0 saturated heterocycles. The Hall–Kier alpha value is -1.65. The SMILES string of the molecule is CCCCCCCCCC(=O)O.C[C@]12CC[C@H](O)CC1=CC[C@@H]1[C@@H]2CC[C@]2(C)C(c3cccnc3)=CC[C@@H]12.Cl. The van der Waals surface area contributed by atoms with Crippen molar-refractivity contribution in [3.8, 4) is 0 Å².